The van der Waals surface area contributed by atoms with E-state index in [1.54, 1.807) is 0 Å². The molecule has 2 rings (SSSR count). The number of hydrogen-bond acceptors (Lipinski definition) is 6. The number of carboxylic acid groups (broad SMARTS) is 2. The van der Waals surface area contributed by atoms with Gasteiger partial charge in [0, 0.05) is 12.8 Å². The van der Waals surface area contributed by atoms with Crippen molar-refractivity contribution in [2.75, 3.05) is 0 Å². The summed E-state index contributed by atoms with van der Waals surface area (Å²) in [7, 11) is 0. The Balaban J connectivity index is 1.73. The van der Waals surface area contributed by atoms with Crippen LogP contribution in [0.1, 0.15) is 40.0 Å². The summed E-state index contributed by atoms with van der Waals surface area (Å²) < 4.78 is 10.1. The highest BCUT2D eigenvalue weighted by Crippen LogP contribution is 2.15. The number of benzene rings is 2. The van der Waals surface area contributed by atoms with Crippen LogP contribution in [0, 0.1) is 0 Å². The van der Waals surface area contributed by atoms with Crippen molar-refractivity contribution >= 4 is 23.9 Å². The quantitative estimate of drug-likeness (QED) is 0.535. The third-order valence-electron chi connectivity index (χ3n) is 3.43. The van der Waals surface area contributed by atoms with Gasteiger partial charge in [-0.2, -0.15) is 0 Å². The molecule has 2 N–H and O–H groups in total. The average Bonchev–Trinajstić information content (AvgIpc) is 2.62. The molecule has 0 atom stereocenters. The van der Waals surface area contributed by atoms with Gasteiger partial charge in [-0.1, -0.05) is 0 Å². The molecule has 2 aromatic carbocycles. The first-order valence-corrected chi connectivity index (χ1v) is 7.93. The highest BCUT2D eigenvalue weighted by Gasteiger charge is 2.11. The first-order valence-electron chi connectivity index (χ1n) is 7.93. The van der Waals surface area contributed by atoms with Gasteiger partial charge in [0.1, 0.15) is 11.5 Å². The van der Waals surface area contributed by atoms with Crippen LogP contribution < -0.4 is 9.47 Å². The molecule has 0 heterocycles. The van der Waals surface area contributed by atoms with Crippen molar-refractivity contribution < 1.29 is 38.9 Å². The molecule has 0 aliphatic rings. The number of carboxylic acids is 2. The summed E-state index contributed by atoms with van der Waals surface area (Å²) in [4.78, 5) is 44.9. The van der Waals surface area contributed by atoms with E-state index in [2.05, 4.69) is 0 Å². The number of carbonyl (C=O) groups is 4. The zero-order valence-electron chi connectivity index (χ0n) is 14.1. The van der Waals surface area contributed by atoms with Crippen molar-refractivity contribution in [2.24, 2.45) is 0 Å². The molecule has 0 bridgehead atoms. The lowest BCUT2D eigenvalue weighted by molar-refractivity contribution is -0.136. The minimum absolute atomic E-state index is 0.0201. The molecule has 0 saturated carbocycles. The fourth-order valence-electron chi connectivity index (χ4n) is 2.07. The number of rotatable bonds is 8. The number of aromatic carboxylic acids is 2. The Morgan fingerprint density at radius 1 is 0.630 bits per heavy atom. The summed E-state index contributed by atoms with van der Waals surface area (Å²) in [5.74, 6) is -2.85. The topological polar surface area (TPSA) is 127 Å². The molecule has 0 fully saturated rings. The molecule has 0 saturated heterocycles. The Hall–Kier alpha value is -3.68. The van der Waals surface area contributed by atoms with Crippen LogP contribution in [0.15, 0.2) is 48.5 Å². The molecule has 0 aliphatic heterocycles. The van der Waals surface area contributed by atoms with Crippen LogP contribution in [0.5, 0.6) is 11.5 Å². The van der Waals surface area contributed by atoms with Gasteiger partial charge in [0.05, 0.1) is 11.1 Å². The maximum absolute atomic E-state index is 11.7. The lowest BCUT2D eigenvalue weighted by Gasteiger charge is -2.06. The van der Waals surface area contributed by atoms with Crippen LogP contribution in [0.4, 0.5) is 0 Å². The van der Waals surface area contributed by atoms with Gasteiger partial charge in [-0.3, -0.25) is 9.59 Å². The van der Waals surface area contributed by atoms with Crippen LogP contribution >= 0.6 is 0 Å². The monoisotopic (exact) mass is 372 g/mol. The van der Waals surface area contributed by atoms with E-state index >= 15 is 0 Å². The Kier molecular flexibility index (Phi) is 6.65. The van der Waals surface area contributed by atoms with Gasteiger partial charge in [-0.05, 0) is 55.0 Å². The Morgan fingerprint density at radius 2 is 0.963 bits per heavy atom. The minimum Gasteiger partial charge on any atom is -0.478 e. The smallest absolute Gasteiger partial charge is 0.335 e. The predicted octanol–water partition coefficient (Wildman–Crippen LogP) is 2.76. The van der Waals surface area contributed by atoms with Crippen LogP contribution in [-0.4, -0.2) is 34.1 Å². The molecule has 140 valence electrons. The number of esters is 2. The van der Waals surface area contributed by atoms with E-state index in [1.807, 2.05) is 0 Å². The molecule has 0 aliphatic carbocycles. The molecule has 8 heteroatoms. The number of carbonyl (C=O) groups excluding carboxylic acids is 2. The summed E-state index contributed by atoms with van der Waals surface area (Å²) in [6.45, 7) is 0. The zero-order valence-corrected chi connectivity index (χ0v) is 14.1. The van der Waals surface area contributed by atoms with E-state index < -0.39 is 23.9 Å². The maximum atomic E-state index is 11.7. The van der Waals surface area contributed by atoms with Gasteiger partial charge in [0.25, 0.3) is 0 Å². The van der Waals surface area contributed by atoms with Crippen molar-refractivity contribution in [1.82, 2.24) is 0 Å². The Morgan fingerprint density at radius 3 is 1.26 bits per heavy atom. The van der Waals surface area contributed by atoms with E-state index in [0.29, 0.717) is 0 Å². The number of ether oxygens (including phenoxy) is 2. The summed E-state index contributed by atoms with van der Waals surface area (Å²) in [6, 6.07) is 10.8. The highest BCUT2D eigenvalue weighted by molar-refractivity contribution is 5.88. The first kappa shape index (κ1) is 19.6. The van der Waals surface area contributed by atoms with Crippen molar-refractivity contribution in [3.8, 4) is 11.5 Å². The lowest BCUT2D eigenvalue weighted by Crippen LogP contribution is -2.11. The van der Waals surface area contributed by atoms with E-state index in [-0.39, 0.29) is 41.9 Å². The van der Waals surface area contributed by atoms with E-state index in [4.69, 9.17) is 19.7 Å². The Bertz CT molecular complexity index is 766. The summed E-state index contributed by atoms with van der Waals surface area (Å²) in [5, 5.41) is 17.6. The molecule has 8 nitrogen and oxygen atoms in total. The second-order valence-electron chi connectivity index (χ2n) is 5.46. The molecular weight excluding hydrogens is 356 g/mol. The van der Waals surface area contributed by atoms with E-state index in [0.717, 1.165) is 0 Å². The van der Waals surface area contributed by atoms with Crippen LogP contribution in [0.2, 0.25) is 0 Å². The summed E-state index contributed by atoms with van der Waals surface area (Å²) in [5.41, 5.74) is 0.155. The van der Waals surface area contributed by atoms with Crippen LogP contribution in [0.25, 0.3) is 0 Å². The third-order valence-corrected chi connectivity index (χ3v) is 3.43. The molecule has 2 aromatic rings. The minimum atomic E-state index is -1.08. The van der Waals surface area contributed by atoms with Gasteiger partial charge in [-0.25, -0.2) is 9.59 Å². The Labute approximate surface area is 154 Å². The lowest BCUT2D eigenvalue weighted by atomic mass is 10.2. The molecular formula is C19H16O8. The van der Waals surface area contributed by atoms with Gasteiger partial charge >= 0.3 is 23.9 Å². The standard InChI is InChI=1S/C19H16O8/c20-16(26-14-8-4-12(5-9-14)18(22)23)2-1-3-17(21)27-15-10-6-13(7-11-15)19(24)25/h4-11H,1-3H2,(H,22,23)(H,24,25). The van der Waals surface area contributed by atoms with E-state index in [1.165, 1.54) is 48.5 Å². The molecule has 27 heavy (non-hydrogen) atoms. The summed E-state index contributed by atoms with van der Waals surface area (Å²) >= 11 is 0. The van der Waals surface area contributed by atoms with E-state index in [9.17, 15) is 19.2 Å². The predicted molar refractivity (Wildman–Crippen MR) is 91.9 cm³/mol. The van der Waals surface area contributed by atoms with Gasteiger partial charge < -0.3 is 19.7 Å². The van der Waals surface area contributed by atoms with Gasteiger partial charge in [0.15, 0.2) is 0 Å². The first-order chi connectivity index (χ1) is 12.8. The average molecular weight is 372 g/mol. The zero-order chi connectivity index (χ0) is 19.8. The van der Waals surface area contributed by atoms with Crippen molar-refractivity contribution in [2.45, 2.75) is 19.3 Å². The molecule has 0 radical (unpaired) electrons. The molecule has 0 amide bonds. The van der Waals surface area contributed by atoms with Gasteiger partial charge in [-0.15, -0.1) is 0 Å². The number of hydrogen-bond donors (Lipinski definition) is 2. The molecule has 0 spiro atoms. The fraction of sp³-hybridized carbons (Fsp3) is 0.158. The molecule has 0 aromatic heterocycles. The van der Waals surface area contributed by atoms with Crippen molar-refractivity contribution in [3.05, 3.63) is 59.7 Å². The van der Waals surface area contributed by atoms with Crippen LogP contribution in [-0.2, 0) is 9.59 Å². The fourth-order valence-corrected chi connectivity index (χ4v) is 2.07. The third kappa shape index (κ3) is 6.28. The van der Waals surface area contributed by atoms with Gasteiger partial charge in [0.2, 0.25) is 0 Å². The normalized spacial score (nSPS) is 10.1. The maximum Gasteiger partial charge on any atom is 0.335 e. The molecule has 0 unspecified atom stereocenters. The second kappa shape index (κ2) is 9.14. The van der Waals surface area contributed by atoms with Crippen molar-refractivity contribution in [3.63, 3.8) is 0 Å². The highest BCUT2D eigenvalue weighted by atomic mass is 16.5. The van der Waals surface area contributed by atoms with Crippen molar-refractivity contribution in [1.29, 1.82) is 0 Å². The second-order valence-corrected chi connectivity index (χ2v) is 5.46. The summed E-state index contributed by atoms with van der Waals surface area (Å²) in [6.07, 6.45) is 0.166. The SMILES string of the molecule is O=C(CCCC(=O)Oc1ccc(C(=O)O)cc1)Oc1ccc(C(=O)O)cc1. The van der Waals surface area contributed by atoms with Crippen LogP contribution in [0.3, 0.4) is 0 Å². The largest absolute Gasteiger partial charge is 0.478 e.